The molecule has 9 heteroatoms. The van der Waals surface area contributed by atoms with Crippen molar-refractivity contribution in [1.82, 2.24) is 9.78 Å². The van der Waals surface area contributed by atoms with Crippen molar-refractivity contribution in [2.75, 3.05) is 18.0 Å². The number of halogens is 6. The standard InChI is InChI=1S/C27H23F6N3/c1-16-9-11-35(12-10-16)19-7-5-17(6-8-19)26-20-3-2-4-22(27(31,32)33)25(20)34-36(26)15-21-23(29)13-18(28)14-24(21)30/h2-8,13-14,16H,9-12,15H2,1H3. The van der Waals surface area contributed by atoms with E-state index >= 15 is 0 Å². The molecule has 1 saturated heterocycles. The van der Waals surface area contributed by atoms with Gasteiger partial charge in [0.2, 0.25) is 0 Å². The SMILES string of the molecule is CC1CCN(c2ccc(-c3c4cccc(C(F)(F)F)c4nn3Cc3c(F)cc(F)cc3F)cc2)CC1. The molecule has 0 saturated carbocycles. The van der Waals surface area contributed by atoms with Crippen LogP contribution in [0.3, 0.4) is 0 Å². The zero-order valence-electron chi connectivity index (χ0n) is 19.4. The summed E-state index contributed by atoms with van der Waals surface area (Å²) >= 11 is 0. The largest absolute Gasteiger partial charge is 0.418 e. The van der Waals surface area contributed by atoms with Gasteiger partial charge in [0.1, 0.15) is 23.0 Å². The topological polar surface area (TPSA) is 21.1 Å². The Balaban J connectivity index is 1.62. The van der Waals surface area contributed by atoms with E-state index in [0.29, 0.717) is 23.6 Å². The van der Waals surface area contributed by atoms with Crippen LogP contribution in [0.15, 0.2) is 54.6 Å². The van der Waals surface area contributed by atoms with Gasteiger partial charge in [-0.05, 0) is 37.0 Å². The highest BCUT2D eigenvalue weighted by atomic mass is 19.4. The van der Waals surface area contributed by atoms with Crippen LogP contribution >= 0.6 is 0 Å². The molecule has 3 nitrogen and oxygen atoms in total. The number of rotatable bonds is 4. The van der Waals surface area contributed by atoms with Crippen LogP contribution in [-0.4, -0.2) is 22.9 Å². The van der Waals surface area contributed by atoms with Crippen LogP contribution < -0.4 is 4.90 Å². The molecule has 1 fully saturated rings. The van der Waals surface area contributed by atoms with Crippen LogP contribution in [0, 0.1) is 23.4 Å². The maximum atomic E-state index is 14.4. The molecule has 0 spiro atoms. The Labute approximate surface area is 204 Å². The molecule has 5 rings (SSSR count). The van der Waals surface area contributed by atoms with E-state index in [1.54, 1.807) is 12.1 Å². The Morgan fingerprint density at radius 3 is 2.17 bits per heavy atom. The minimum Gasteiger partial charge on any atom is -0.372 e. The van der Waals surface area contributed by atoms with Gasteiger partial charge in [-0.3, -0.25) is 4.68 Å². The van der Waals surface area contributed by atoms with Crippen LogP contribution in [-0.2, 0) is 12.7 Å². The number of hydrogen-bond donors (Lipinski definition) is 0. The second-order valence-corrected chi connectivity index (χ2v) is 9.27. The predicted octanol–water partition coefficient (Wildman–Crippen LogP) is 7.42. The van der Waals surface area contributed by atoms with Crippen molar-refractivity contribution in [3.05, 3.63) is 83.2 Å². The minimum atomic E-state index is -4.67. The maximum absolute atomic E-state index is 14.4. The fourth-order valence-electron chi connectivity index (χ4n) is 4.77. The van der Waals surface area contributed by atoms with Gasteiger partial charge in [-0.25, -0.2) is 13.2 Å². The fourth-order valence-corrected chi connectivity index (χ4v) is 4.77. The maximum Gasteiger partial charge on any atom is 0.418 e. The number of nitrogens with zero attached hydrogens (tertiary/aromatic N) is 3. The van der Waals surface area contributed by atoms with E-state index in [9.17, 15) is 26.3 Å². The lowest BCUT2D eigenvalue weighted by Crippen LogP contribution is -2.32. The molecular formula is C27H23F6N3. The van der Waals surface area contributed by atoms with Gasteiger partial charge in [-0.2, -0.15) is 18.3 Å². The number of benzene rings is 3. The number of alkyl halides is 3. The number of hydrogen-bond acceptors (Lipinski definition) is 2. The van der Waals surface area contributed by atoms with E-state index in [1.807, 2.05) is 12.1 Å². The Morgan fingerprint density at radius 1 is 0.917 bits per heavy atom. The quantitative estimate of drug-likeness (QED) is 0.270. The Bertz CT molecular complexity index is 1380. The first-order valence-electron chi connectivity index (χ1n) is 11.7. The van der Waals surface area contributed by atoms with Gasteiger partial charge in [-0.15, -0.1) is 0 Å². The lowest BCUT2D eigenvalue weighted by molar-refractivity contribution is -0.136. The fraction of sp³-hybridized carbons (Fsp3) is 0.296. The molecule has 4 aromatic rings. The molecular weight excluding hydrogens is 480 g/mol. The molecule has 0 unspecified atom stereocenters. The first-order chi connectivity index (χ1) is 17.1. The molecule has 0 bridgehead atoms. The van der Waals surface area contributed by atoms with Gasteiger partial charge in [0, 0.05) is 47.4 Å². The zero-order valence-corrected chi connectivity index (χ0v) is 19.4. The second-order valence-electron chi connectivity index (χ2n) is 9.27. The average molecular weight is 503 g/mol. The molecule has 188 valence electrons. The summed E-state index contributed by atoms with van der Waals surface area (Å²) < 4.78 is 84.6. The number of anilines is 1. The molecule has 0 aliphatic carbocycles. The van der Waals surface area contributed by atoms with E-state index in [2.05, 4.69) is 16.9 Å². The van der Waals surface area contributed by atoms with Crippen LogP contribution in [0.5, 0.6) is 0 Å². The average Bonchev–Trinajstić information content (AvgIpc) is 3.19. The van der Waals surface area contributed by atoms with Crippen LogP contribution in [0.25, 0.3) is 22.2 Å². The van der Waals surface area contributed by atoms with Crippen molar-refractivity contribution < 1.29 is 26.3 Å². The van der Waals surface area contributed by atoms with Crippen molar-refractivity contribution in [2.45, 2.75) is 32.5 Å². The van der Waals surface area contributed by atoms with Gasteiger partial charge in [0.15, 0.2) is 0 Å². The molecule has 3 aromatic carbocycles. The number of fused-ring (bicyclic) bond motifs is 1. The first kappa shape index (κ1) is 24.2. The summed E-state index contributed by atoms with van der Waals surface area (Å²) in [6.45, 7) is 3.54. The molecule has 0 atom stereocenters. The Morgan fingerprint density at radius 2 is 1.56 bits per heavy atom. The highest BCUT2D eigenvalue weighted by Gasteiger charge is 2.34. The van der Waals surface area contributed by atoms with Crippen LogP contribution in [0.1, 0.15) is 30.9 Å². The monoisotopic (exact) mass is 503 g/mol. The Hall–Kier alpha value is -3.49. The lowest BCUT2D eigenvalue weighted by Gasteiger charge is -2.32. The smallest absolute Gasteiger partial charge is 0.372 e. The second kappa shape index (κ2) is 9.19. The van der Waals surface area contributed by atoms with Crippen LogP contribution in [0.4, 0.5) is 32.0 Å². The third-order valence-corrected chi connectivity index (χ3v) is 6.78. The molecule has 36 heavy (non-hydrogen) atoms. The van der Waals surface area contributed by atoms with Gasteiger partial charge < -0.3 is 4.90 Å². The normalized spacial score (nSPS) is 15.1. The third-order valence-electron chi connectivity index (χ3n) is 6.78. The first-order valence-corrected chi connectivity index (χ1v) is 11.7. The van der Waals surface area contributed by atoms with Gasteiger partial charge in [0.05, 0.1) is 17.8 Å². The van der Waals surface area contributed by atoms with Gasteiger partial charge in [-0.1, -0.05) is 31.2 Å². The van der Waals surface area contributed by atoms with Crippen molar-refractivity contribution in [3.63, 3.8) is 0 Å². The van der Waals surface area contributed by atoms with E-state index in [1.165, 1.54) is 12.1 Å². The van der Waals surface area contributed by atoms with Crippen molar-refractivity contribution in [2.24, 2.45) is 5.92 Å². The minimum absolute atomic E-state index is 0.201. The van der Waals surface area contributed by atoms with E-state index in [0.717, 1.165) is 42.4 Å². The summed E-state index contributed by atoms with van der Waals surface area (Å²) in [6, 6.07) is 12.1. The molecule has 1 aliphatic heterocycles. The summed E-state index contributed by atoms with van der Waals surface area (Å²) in [5.41, 5.74) is 0.0775. The highest BCUT2D eigenvalue weighted by Crippen LogP contribution is 2.39. The summed E-state index contributed by atoms with van der Waals surface area (Å²) in [4.78, 5) is 2.25. The molecule has 0 amide bonds. The van der Waals surface area contributed by atoms with Crippen LogP contribution in [0.2, 0.25) is 0 Å². The van der Waals surface area contributed by atoms with E-state index < -0.39 is 41.3 Å². The Kier molecular flexibility index (Phi) is 6.18. The highest BCUT2D eigenvalue weighted by molar-refractivity contribution is 5.95. The molecule has 0 N–H and O–H groups in total. The molecule has 1 aromatic heterocycles. The number of aromatic nitrogens is 2. The molecule has 0 radical (unpaired) electrons. The summed E-state index contributed by atoms with van der Waals surface area (Å²) in [6.07, 6.45) is -2.51. The van der Waals surface area contributed by atoms with Crippen molar-refractivity contribution in [3.8, 4) is 11.3 Å². The summed E-state index contributed by atoms with van der Waals surface area (Å²) in [5.74, 6) is -2.69. The molecule has 2 heterocycles. The van der Waals surface area contributed by atoms with E-state index in [4.69, 9.17) is 0 Å². The summed E-state index contributed by atoms with van der Waals surface area (Å²) in [7, 11) is 0. The third kappa shape index (κ3) is 4.54. The molecule has 1 aliphatic rings. The predicted molar refractivity (Wildman–Crippen MR) is 126 cm³/mol. The van der Waals surface area contributed by atoms with Crippen molar-refractivity contribution >= 4 is 16.6 Å². The lowest BCUT2D eigenvalue weighted by atomic mass is 9.98. The van der Waals surface area contributed by atoms with Crippen molar-refractivity contribution in [1.29, 1.82) is 0 Å². The zero-order chi connectivity index (χ0) is 25.6. The van der Waals surface area contributed by atoms with Gasteiger partial charge >= 0.3 is 6.18 Å². The van der Waals surface area contributed by atoms with E-state index in [-0.39, 0.29) is 16.6 Å². The summed E-state index contributed by atoms with van der Waals surface area (Å²) in [5, 5.41) is 4.34. The van der Waals surface area contributed by atoms with Gasteiger partial charge in [0.25, 0.3) is 0 Å². The number of piperidine rings is 1.